The third kappa shape index (κ3) is 3.72. The first-order valence-electron chi connectivity index (χ1n) is 8.12. The van der Waals surface area contributed by atoms with Gasteiger partial charge >= 0.3 is 0 Å². The van der Waals surface area contributed by atoms with Crippen molar-refractivity contribution in [1.29, 1.82) is 0 Å². The number of hydrogen-bond acceptors (Lipinski definition) is 3. The molecule has 0 aromatic heterocycles. The molecule has 0 heterocycles. The Hall–Kier alpha value is -0.0900. The molecule has 0 spiro atoms. The van der Waals surface area contributed by atoms with Crippen molar-refractivity contribution in [2.75, 3.05) is 12.3 Å². The lowest BCUT2D eigenvalue weighted by molar-refractivity contribution is 0.425. The van der Waals surface area contributed by atoms with Gasteiger partial charge in [0.25, 0.3) is 0 Å². The second-order valence-corrected chi connectivity index (χ2v) is 9.18. The topological polar surface area (TPSA) is 46.2 Å². The summed E-state index contributed by atoms with van der Waals surface area (Å²) in [6.45, 7) is 0.677. The largest absolute Gasteiger partial charge is 0.312 e. The molecule has 3 nitrogen and oxygen atoms in total. The first-order chi connectivity index (χ1) is 9.17. The predicted molar refractivity (Wildman–Crippen MR) is 77.9 cm³/mol. The lowest BCUT2D eigenvalue weighted by Crippen LogP contribution is -2.38. The van der Waals surface area contributed by atoms with E-state index < -0.39 is 9.84 Å². The summed E-state index contributed by atoms with van der Waals surface area (Å²) in [5.74, 6) is 2.06. The third-order valence-electron chi connectivity index (χ3n) is 5.09. The van der Waals surface area contributed by atoms with E-state index in [0.29, 0.717) is 18.3 Å². The number of rotatable bonds is 7. The van der Waals surface area contributed by atoms with Crippen LogP contribution < -0.4 is 5.32 Å². The van der Waals surface area contributed by atoms with Gasteiger partial charge in [0.15, 0.2) is 9.84 Å². The van der Waals surface area contributed by atoms with Crippen LogP contribution in [0.3, 0.4) is 0 Å². The molecule has 0 atom stereocenters. The molecule has 0 saturated heterocycles. The highest BCUT2D eigenvalue weighted by Gasteiger charge is 2.41. The molecule has 3 saturated carbocycles. The summed E-state index contributed by atoms with van der Waals surface area (Å²) in [5.41, 5.74) is 0. The van der Waals surface area contributed by atoms with E-state index in [4.69, 9.17) is 0 Å². The lowest BCUT2D eigenvalue weighted by Gasteiger charge is -2.23. The molecule has 0 radical (unpaired) electrons. The summed E-state index contributed by atoms with van der Waals surface area (Å²) in [5, 5.41) is 3.52. The van der Waals surface area contributed by atoms with Crippen molar-refractivity contribution in [2.45, 2.75) is 69.1 Å². The van der Waals surface area contributed by atoms with Gasteiger partial charge in [-0.1, -0.05) is 19.3 Å². The van der Waals surface area contributed by atoms with Crippen molar-refractivity contribution >= 4 is 9.84 Å². The van der Waals surface area contributed by atoms with E-state index in [2.05, 4.69) is 5.32 Å². The van der Waals surface area contributed by atoms with Crippen LogP contribution in [0.5, 0.6) is 0 Å². The second kappa shape index (κ2) is 5.72. The smallest absolute Gasteiger partial charge is 0.154 e. The van der Waals surface area contributed by atoms with Gasteiger partial charge in [0.2, 0.25) is 0 Å². The molecule has 3 aliphatic carbocycles. The Morgan fingerprint density at radius 2 is 1.47 bits per heavy atom. The lowest BCUT2D eigenvalue weighted by atomic mass is 10.0. The minimum Gasteiger partial charge on any atom is -0.312 e. The van der Waals surface area contributed by atoms with Gasteiger partial charge in [0, 0.05) is 12.6 Å². The summed E-state index contributed by atoms with van der Waals surface area (Å²) < 4.78 is 24.6. The molecular formula is C15H27NO2S. The molecule has 0 aromatic rings. The van der Waals surface area contributed by atoms with Gasteiger partial charge < -0.3 is 5.32 Å². The van der Waals surface area contributed by atoms with Crippen molar-refractivity contribution in [3.05, 3.63) is 0 Å². The van der Waals surface area contributed by atoms with E-state index in [1.165, 1.54) is 32.1 Å². The molecule has 0 amide bonds. The zero-order valence-electron chi connectivity index (χ0n) is 11.8. The molecular weight excluding hydrogens is 258 g/mol. The second-order valence-electron chi connectivity index (χ2n) is 6.78. The van der Waals surface area contributed by atoms with Gasteiger partial charge in [0.05, 0.1) is 11.0 Å². The molecule has 3 fully saturated rings. The van der Waals surface area contributed by atoms with Crippen LogP contribution in [-0.2, 0) is 9.84 Å². The summed E-state index contributed by atoms with van der Waals surface area (Å²) >= 11 is 0. The highest BCUT2D eigenvalue weighted by atomic mass is 32.2. The molecule has 0 aromatic carbocycles. The van der Waals surface area contributed by atoms with E-state index in [1.807, 2.05) is 0 Å². The molecule has 3 rings (SSSR count). The Bertz CT molecular complexity index is 380. The van der Waals surface area contributed by atoms with Crippen molar-refractivity contribution in [2.24, 2.45) is 11.8 Å². The number of hydrogen-bond donors (Lipinski definition) is 1. The minimum atomic E-state index is -2.85. The van der Waals surface area contributed by atoms with Crippen molar-refractivity contribution in [3.63, 3.8) is 0 Å². The Morgan fingerprint density at radius 3 is 2.00 bits per heavy atom. The molecule has 0 bridgehead atoms. The first-order valence-corrected chi connectivity index (χ1v) is 9.83. The molecule has 4 heteroatoms. The normalized spacial score (nSPS) is 25.9. The fourth-order valence-electron chi connectivity index (χ4n) is 3.59. The highest BCUT2D eigenvalue weighted by molar-refractivity contribution is 7.92. The summed E-state index contributed by atoms with van der Waals surface area (Å²) in [7, 11) is -2.85. The third-order valence-corrected chi connectivity index (χ3v) is 7.35. The maximum absolute atomic E-state index is 12.3. The van der Waals surface area contributed by atoms with Crippen LogP contribution in [0.2, 0.25) is 0 Å². The first kappa shape index (κ1) is 13.9. The fourth-order valence-corrected chi connectivity index (χ4v) is 5.37. The number of sulfone groups is 1. The highest BCUT2D eigenvalue weighted by Crippen LogP contribution is 2.44. The standard InChI is InChI=1S/C15H27NO2S/c17-19(18,14-4-2-1-3-5-14)11-10-16-15(12-6-7-12)13-8-9-13/h12-16H,1-11H2. The summed E-state index contributed by atoms with van der Waals surface area (Å²) in [6, 6.07) is 0.626. The zero-order valence-corrected chi connectivity index (χ0v) is 12.6. The van der Waals surface area contributed by atoms with Crippen LogP contribution in [0.15, 0.2) is 0 Å². The van der Waals surface area contributed by atoms with E-state index >= 15 is 0 Å². The average molecular weight is 285 g/mol. The van der Waals surface area contributed by atoms with E-state index in [1.54, 1.807) is 0 Å². The monoisotopic (exact) mass is 285 g/mol. The predicted octanol–water partition coefficient (Wildman–Crippen LogP) is 2.51. The fraction of sp³-hybridized carbons (Fsp3) is 1.00. The van der Waals surface area contributed by atoms with E-state index in [9.17, 15) is 8.42 Å². The van der Waals surface area contributed by atoms with Crippen LogP contribution >= 0.6 is 0 Å². The van der Waals surface area contributed by atoms with Crippen LogP contribution in [0.1, 0.15) is 57.8 Å². The Kier molecular flexibility index (Phi) is 4.18. The van der Waals surface area contributed by atoms with Crippen molar-refractivity contribution in [3.8, 4) is 0 Å². The Balaban J connectivity index is 1.45. The van der Waals surface area contributed by atoms with Gasteiger partial charge in [-0.25, -0.2) is 8.42 Å². The van der Waals surface area contributed by atoms with Gasteiger partial charge in [0.1, 0.15) is 0 Å². The molecule has 0 aliphatic heterocycles. The van der Waals surface area contributed by atoms with Crippen molar-refractivity contribution < 1.29 is 8.42 Å². The summed E-state index contributed by atoms with van der Waals surface area (Å²) in [4.78, 5) is 0. The Labute approximate surface area is 117 Å². The molecule has 0 unspecified atom stereocenters. The summed E-state index contributed by atoms with van der Waals surface area (Å²) in [6.07, 6.45) is 10.6. The van der Waals surface area contributed by atoms with Gasteiger partial charge in [-0.05, 0) is 50.4 Å². The molecule has 110 valence electrons. The van der Waals surface area contributed by atoms with Crippen LogP contribution in [0.25, 0.3) is 0 Å². The quantitative estimate of drug-likeness (QED) is 0.782. The van der Waals surface area contributed by atoms with Crippen molar-refractivity contribution in [1.82, 2.24) is 5.32 Å². The maximum atomic E-state index is 12.3. The molecule has 19 heavy (non-hydrogen) atoms. The zero-order chi connectivity index (χ0) is 13.3. The van der Waals surface area contributed by atoms with E-state index in [-0.39, 0.29) is 5.25 Å². The molecule has 3 aliphatic rings. The maximum Gasteiger partial charge on any atom is 0.154 e. The number of nitrogens with one attached hydrogen (secondary N) is 1. The van der Waals surface area contributed by atoms with Crippen LogP contribution in [0.4, 0.5) is 0 Å². The van der Waals surface area contributed by atoms with Gasteiger partial charge in [-0.3, -0.25) is 0 Å². The Morgan fingerprint density at radius 1 is 0.895 bits per heavy atom. The SMILES string of the molecule is O=S(=O)(CCNC(C1CC1)C1CC1)C1CCCCC1. The van der Waals surface area contributed by atoms with Gasteiger partial charge in [-0.15, -0.1) is 0 Å². The minimum absolute atomic E-state index is 0.0386. The van der Waals surface area contributed by atoms with Crippen LogP contribution in [-0.4, -0.2) is 32.0 Å². The van der Waals surface area contributed by atoms with Crippen LogP contribution in [0, 0.1) is 11.8 Å². The van der Waals surface area contributed by atoms with Gasteiger partial charge in [-0.2, -0.15) is 0 Å². The molecule has 1 N–H and O–H groups in total. The average Bonchev–Trinajstić information content (AvgIpc) is 3.29. The van der Waals surface area contributed by atoms with E-state index in [0.717, 1.165) is 37.5 Å².